The number of halogens is 1. The third-order valence-electron chi connectivity index (χ3n) is 2.85. The molecule has 96 valence electrons. The van der Waals surface area contributed by atoms with Crippen LogP contribution in [0.25, 0.3) is 0 Å². The molecule has 0 N–H and O–H groups in total. The van der Waals surface area contributed by atoms with E-state index in [1.807, 2.05) is 18.6 Å². The molecule has 0 aliphatic rings. The molecule has 0 bridgehead atoms. The summed E-state index contributed by atoms with van der Waals surface area (Å²) in [4.78, 5) is 12.3. The van der Waals surface area contributed by atoms with E-state index in [2.05, 4.69) is 50.8 Å². The van der Waals surface area contributed by atoms with Crippen LogP contribution in [0.4, 0.5) is 5.82 Å². The molecule has 0 aromatic carbocycles. The minimum absolute atomic E-state index is 0.846. The maximum Gasteiger partial charge on any atom is 0.131 e. The van der Waals surface area contributed by atoms with E-state index in [-0.39, 0.29) is 0 Å². The molecule has 2 aromatic rings. The molecule has 18 heavy (non-hydrogen) atoms. The van der Waals surface area contributed by atoms with Gasteiger partial charge in [0.25, 0.3) is 0 Å². The smallest absolute Gasteiger partial charge is 0.131 e. The molecule has 5 heteroatoms. The van der Waals surface area contributed by atoms with Gasteiger partial charge >= 0.3 is 0 Å². The van der Waals surface area contributed by atoms with Gasteiger partial charge in [-0.15, -0.1) is 11.3 Å². The summed E-state index contributed by atoms with van der Waals surface area (Å²) in [5, 5.41) is 0.846. The average molecular weight is 326 g/mol. The van der Waals surface area contributed by atoms with Gasteiger partial charge in [0, 0.05) is 23.5 Å². The Morgan fingerprint density at radius 3 is 2.67 bits per heavy atom. The van der Waals surface area contributed by atoms with Crippen LogP contribution >= 0.6 is 27.3 Å². The predicted octanol–water partition coefficient (Wildman–Crippen LogP) is 3.69. The standard InChI is InChI=1S/C13H16BrN3S/c1-9-4-11(5-14)6-15-13(9)17(3)7-12-10(2)16-8-18-12/h4,6,8H,5,7H2,1-3H3. The molecule has 0 fully saturated rings. The first-order valence-corrected chi connectivity index (χ1v) is 7.73. The quantitative estimate of drug-likeness (QED) is 0.803. The van der Waals surface area contributed by atoms with Crippen LogP contribution in [-0.2, 0) is 11.9 Å². The maximum atomic E-state index is 4.54. The van der Waals surface area contributed by atoms with E-state index in [0.717, 1.165) is 23.4 Å². The molecule has 0 radical (unpaired) electrons. The second kappa shape index (κ2) is 5.80. The van der Waals surface area contributed by atoms with Crippen LogP contribution in [0.2, 0.25) is 0 Å². The Morgan fingerprint density at radius 1 is 1.33 bits per heavy atom. The van der Waals surface area contributed by atoms with Crippen molar-refractivity contribution in [3.63, 3.8) is 0 Å². The number of thiazole rings is 1. The van der Waals surface area contributed by atoms with Gasteiger partial charge in [0.2, 0.25) is 0 Å². The molecule has 0 unspecified atom stereocenters. The predicted molar refractivity (Wildman–Crippen MR) is 80.6 cm³/mol. The van der Waals surface area contributed by atoms with Gasteiger partial charge in [-0.05, 0) is 25.0 Å². The minimum atomic E-state index is 0.846. The van der Waals surface area contributed by atoms with Crippen LogP contribution in [0.3, 0.4) is 0 Å². The lowest BCUT2D eigenvalue weighted by atomic mass is 10.2. The molecular formula is C13H16BrN3S. The Morgan fingerprint density at radius 2 is 2.11 bits per heavy atom. The summed E-state index contributed by atoms with van der Waals surface area (Å²) in [6, 6.07) is 2.17. The number of pyridine rings is 1. The number of anilines is 1. The monoisotopic (exact) mass is 325 g/mol. The molecule has 2 rings (SSSR count). The first-order valence-electron chi connectivity index (χ1n) is 5.73. The van der Waals surface area contributed by atoms with Gasteiger partial charge in [0.1, 0.15) is 5.82 Å². The molecule has 0 saturated carbocycles. The van der Waals surface area contributed by atoms with E-state index in [1.54, 1.807) is 11.3 Å². The third-order valence-corrected chi connectivity index (χ3v) is 4.42. The van der Waals surface area contributed by atoms with Crippen molar-refractivity contribution in [3.8, 4) is 0 Å². The number of hydrogen-bond donors (Lipinski definition) is 0. The van der Waals surface area contributed by atoms with Crippen LogP contribution in [0.5, 0.6) is 0 Å². The summed E-state index contributed by atoms with van der Waals surface area (Å²) in [5.41, 5.74) is 5.42. The molecule has 2 heterocycles. The molecule has 0 aliphatic heterocycles. The van der Waals surface area contributed by atoms with Gasteiger partial charge in [-0.2, -0.15) is 0 Å². The zero-order chi connectivity index (χ0) is 13.1. The molecule has 2 aromatic heterocycles. The van der Waals surface area contributed by atoms with Gasteiger partial charge in [-0.3, -0.25) is 0 Å². The van der Waals surface area contributed by atoms with Gasteiger partial charge in [0.15, 0.2) is 0 Å². The van der Waals surface area contributed by atoms with E-state index in [9.17, 15) is 0 Å². The number of alkyl halides is 1. The van der Waals surface area contributed by atoms with Crippen LogP contribution in [-0.4, -0.2) is 17.0 Å². The zero-order valence-corrected chi connectivity index (χ0v) is 13.2. The lowest BCUT2D eigenvalue weighted by Crippen LogP contribution is -2.18. The van der Waals surface area contributed by atoms with Crippen LogP contribution < -0.4 is 4.90 Å². The minimum Gasteiger partial charge on any atom is -0.354 e. The van der Waals surface area contributed by atoms with Crippen molar-refractivity contribution in [2.75, 3.05) is 11.9 Å². The number of rotatable bonds is 4. The van der Waals surface area contributed by atoms with E-state index < -0.39 is 0 Å². The second-order valence-corrected chi connectivity index (χ2v) is 5.83. The van der Waals surface area contributed by atoms with Crippen LogP contribution in [0.15, 0.2) is 17.8 Å². The number of hydrogen-bond acceptors (Lipinski definition) is 4. The highest BCUT2D eigenvalue weighted by molar-refractivity contribution is 9.08. The Balaban J connectivity index is 2.19. The molecule has 3 nitrogen and oxygen atoms in total. The van der Waals surface area contributed by atoms with Crippen molar-refractivity contribution in [1.82, 2.24) is 9.97 Å². The Kier molecular flexibility index (Phi) is 4.35. The first-order chi connectivity index (χ1) is 8.61. The Bertz CT molecular complexity index is 539. The fraction of sp³-hybridized carbons (Fsp3) is 0.385. The fourth-order valence-corrected chi connectivity index (χ4v) is 3.00. The normalized spacial score (nSPS) is 10.7. The summed E-state index contributed by atoms with van der Waals surface area (Å²) in [5.74, 6) is 1.03. The number of nitrogens with zero attached hydrogens (tertiary/aromatic N) is 3. The highest BCUT2D eigenvalue weighted by Gasteiger charge is 2.10. The summed E-state index contributed by atoms with van der Waals surface area (Å²) >= 11 is 5.15. The summed E-state index contributed by atoms with van der Waals surface area (Å²) in [6.45, 7) is 5.01. The van der Waals surface area contributed by atoms with Crippen LogP contribution in [0.1, 0.15) is 21.7 Å². The van der Waals surface area contributed by atoms with Crippen LogP contribution in [0, 0.1) is 13.8 Å². The van der Waals surface area contributed by atoms with E-state index in [1.165, 1.54) is 16.0 Å². The molecule has 0 saturated heterocycles. The molecule has 0 spiro atoms. The maximum absolute atomic E-state index is 4.54. The van der Waals surface area contributed by atoms with Gasteiger partial charge in [-0.1, -0.05) is 22.0 Å². The summed E-state index contributed by atoms with van der Waals surface area (Å²) in [7, 11) is 2.07. The SMILES string of the molecule is Cc1cc(CBr)cnc1N(C)Cc1scnc1C. The topological polar surface area (TPSA) is 29.0 Å². The highest BCUT2D eigenvalue weighted by Crippen LogP contribution is 2.22. The first kappa shape index (κ1) is 13.5. The van der Waals surface area contributed by atoms with Crippen molar-refractivity contribution in [3.05, 3.63) is 39.5 Å². The van der Waals surface area contributed by atoms with Crippen molar-refractivity contribution in [1.29, 1.82) is 0 Å². The Hall–Kier alpha value is -0.940. The average Bonchev–Trinajstić information content (AvgIpc) is 2.74. The number of aryl methyl sites for hydroxylation is 2. The molecular weight excluding hydrogens is 310 g/mol. The lowest BCUT2D eigenvalue weighted by molar-refractivity contribution is 0.892. The molecule has 0 aliphatic carbocycles. The highest BCUT2D eigenvalue weighted by atomic mass is 79.9. The lowest BCUT2D eigenvalue weighted by Gasteiger charge is -2.20. The fourth-order valence-electron chi connectivity index (χ4n) is 1.87. The van der Waals surface area contributed by atoms with E-state index in [4.69, 9.17) is 0 Å². The van der Waals surface area contributed by atoms with E-state index >= 15 is 0 Å². The van der Waals surface area contributed by atoms with Crippen molar-refractivity contribution >= 4 is 33.1 Å². The third kappa shape index (κ3) is 2.90. The van der Waals surface area contributed by atoms with Gasteiger partial charge in [-0.25, -0.2) is 9.97 Å². The largest absolute Gasteiger partial charge is 0.354 e. The van der Waals surface area contributed by atoms with Crippen molar-refractivity contribution in [2.45, 2.75) is 25.7 Å². The van der Waals surface area contributed by atoms with Gasteiger partial charge < -0.3 is 4.90 Å². The second-order valence-electron chi connectivity index (χ2n) is 4.33. The van der Waals surface area contributed by atoms with Crippen molar-refractivity contribution < 1.29 is 0 Å². The van der Waals surface area contributed by atoms with Gasteiger partial charge in [0.05, 0.1) is 17.7 Å². The van der Waals surface area contributed by atoms with Crippen molar-refractivity contribution in [2.24, 2.45) is 0 Å². The Labute approximate surface area is 120 Å². The van der Waals surface area contributed by atoms with E-state index in [0.29, 0.717) is 0 Å². The molecule has 0 atom stereocenters. The summed E-state index contributed by atoms with van der Waals surface area (Å²) in [6.07, 6.45) is 1.92. The molecule has 0 amide bonds. The summed E-state index contributed by atoms with van der Waals surface area (Å²) < 4.78 is 0. The zero-order valence-electron chi connectivity index (χ0n) is 10.8. The number of aromatic nitrogens is 2.